The van der Waals surface area contributed by atoms with Gasteiger partial charge in [-0.15, -0.1) is 0 Å². The molecule has 3 nitrogen and oxygen atoms in total. The van der Waals surface area contributed by atoms with Crippen LogP contribution >= 0.6 is 0 Å². The van der Waals surface area contributed by atoms with Crippen molar-refractivity contribution in [3.8, 4) is 5.75 Å². The molecule has 0 spiro atoms. The fourth-order valence-electron chi connectivity index (χ4n) is 1.53. The number of carbonyl (C=O) groups is 2. The van der Waals surface area contributed by atoms with Crippen LogP contribution in [0.4, 0.5) is 0 Å². The summed E-state index contributed by atoms with van der Waals surface area (Å²) in [5.41, 5.74) is 1.47. The zero-order valence-electron chi connectivity index (χ0n) is 7.87. The molecular formula is C11H10O3. The van der Waals surface area contributed by atoms with Gasteiger partial charge in [-0.1, -0.05) is 0 Å². The number of ether oxygens (including phenoxy) is 1. The normalized spacial score (nSPS) is 13.2. The quantitative estimate of drug-likeness (QED) is 0.523. The number of Topliss-reactive ketones (excluding diaryl/α,β-unsaturated/α-hetero) is 2. The predicted molar refractivity (Wildman–Crippen MR) is 50.7 cm³/mol. The van der Waals surface area contributed by atoms with Crippen molar-refractivity contribution in [3.63, 3.8) is 0 Å². The number of carbonyl (C=O) groups excluding carboxylic acids is 2. The van der Waals surface area contributed by atoms with Gasteiger partial charge in [0.1, 0.15) is 5.75 Å². The van der Waals surface area contributed by atoms with E-state index in [4.69, 9.17) is 4.74 Å². The first kappa shape index (κ1) is 8.94. The van der Waals surface area contributed by atoms with E-state index in [9.17, 15) is 9.59 Å². The Morgan fingerprint density at radius 2 is 2.14 bits per heavy atom. The monoisotopic (exact) mass is 190 g/mol. The molecule has 1 aromatic carbocycles. The molecule has 0 atom stereocenters. The van der Waals surface area contributed by atoms with Crippen molar-refractivity contribution in [1.29, 1.82) is 0 Å². The molecule has 1 aliphatic rings. The number of benzene rings is 1. The third kappa shape index (κ3) is 1.41. The van der Waals surface area contributed by atoms with Crippen LogP contribution in [-0.4, -0.2) is 18.2 Å². The SMILES string of the molecule is CC(=O)C(=O)c1ccc2c(c1)CCO2. The molecule has 72 valence electrons. The fraction of sp³-hybridized carbons (Fsp3) is 0.273. The lowest BCUT2D eigenvalue weighted by Crippen LogP contribution is -2.09. The minimum Gasteiger partial charge on any atom is -0.493 e. The molecule has 1 aromatic rings. The van der Waals surface area contributed by atoms with Crippen LogP contribution in [0.1, 0.15) is 22.8 Å². The van der Waals surface area contributed by atoms with Gasteiger partial charge in [0, 0.05) is 18.9 Å². The number of hydrogen-bond donors (Lipinski definition) is 0. The first-order chi connectivity index (χ1) is 6.68. The largest absolute Gasteiger partial charge is 0.493 e. The molecule has 0 fully saturated rings. The molecule has 14 heavy (non-hydrogen) atoms. The highest BCUT2D eigenvalue weighted by atomic mass is 16.5. The standard InChI is InChI=1S/C11H10O3/c1-7(12)11(13)9-2-3-10-8(6-9)4-5-14-10/h2-3,6H,4-5H2,1H3. The summed E-state index contributed by atoms with van der Waals surface area (Å²) in [4.78, 5) is 22.2. The Labute approximate surface area is 81.7 Å². The van der Waals surface area contributed by atoms with E-state index in [0.29, 0.717) is 12.2 Å². The van der Waals surface area contributed by atoms with Gasteiger partial charge in [-0.25, -0.2) is 0 Å². The van der Waals surface area contributed by atoms with Crippen LogP contribution < -0.4 is 4.74 Å². The van der Waals surface area contributed by atoms with Gasteiger partial charge in [0.25, 0.3) is 0 Å². The Bertz CT molecular complexity index is 407. The molecule has 0 unspecified atom stereocenters. The van der Waals surface area contributed by atoms with Gasteiger partial charge in [0.2, 0.25) is 5.78 Å². The first-order valence-corrected chi connectivity index (χ1v) is 4.49. The Balaban J connectivity index is 2.38. The van der Waals surface area contributed by atoms with Crippen LogP contribution in [0.15, 0.2) is 18.2 Å². The van der Waals surface area contributed by atoms with Gasteiger partial charge in [-0.05, 0) is 23.8 Å². The van der Waals surface area contributed by atoms with E-state index in [1.807, 2.05) is 0 Å². The third-order valence-electron chi connectivity index (χ3n) is 2.27. The molecule has 0 amide bonds. The van der Waals surface area contributed by atoms with E-state index in [2.05, 4.69) is 0 Å². The van der Waals surface area contributed by atoms with Crippen LogP contribution in [0.3, 0.4) is 0 Å². The fourth-order valence-corrected chi connectivity index (χ4v) is 1.53. The summed E-state index contributed by atoms with van der Waals surface area (Å²) in [7, 11) is 0. The molecule has 1 aliphatic heterocycles. The lowest BCUT2D eigenvalue weighted by atomic mass is 10.0. The second kappa shape index (κ2) is 3.25. The molecule has 0 saturated carbocycles. The van der Waals surface area contributed by atoms with E-state index >= 15 is 0 Å². The van der Waals surface area contributed by atoms with Crippen molar-refractivity contribution in [2.75, 3.05) is 6.61 Å². The maximum atomic E-state index is 11.4. The Kier molecular flexibility index (Phi) is 2.08. The summed E-state index contributed by atoms with van der Waals surface area (Å²) < 4.78 is 5.30. The maximum Gasteiger partial charge on any atom is 0.228 e. The van der Waals surface area contributed by atoms with Crippen molar-refractivity contribution in [2.24, 2.45) is 0 Å². The highest BCUT2D eigenvalue weighted by Gasteiger charge is 2.16. The molecule has 1 heterocycles. The van der Waals surface area contributed by atoms with E-state index in [-0.39, 0.29) is 0 Å². The first-order valence-electron chi connectivity index (χ1n) is 4.49. The molecule has 0 N–H and O–H groups in total. The maximum absolute atomic E-state index is 11.4. The molecule has 0 radical (unpaired) electrons. The van der Waals surface area contributed by atoms with Crippen LogP contribution in [0.25, 0.3) is 0 Å². The summed E-state index contributed by atoms with van der Waals surface area (Å²) in [6.45, 7) is 1.94. The zero-order valence-corrected chi connectivity index (χ0v) is 7.87. The molecule has 0 aromatic heterocycles. The van der Waals surface area contributed by atoms with Gasteiger partial charge in [0.05, 0.1) is 6.61 Å². The Morgan fingerprint density at radius 3 is 2.86 bits per heavy atom. The number of rotatable bonds is 2. The van der Waals surface area contributed by atoms with Crippen molar-refractivity contribution >= 4 is 11.6 Å². The average Bonchev–Trinajstić information content (AvgIpc) is 2.62. The topological polar surface area (TPSA) is 43.4 Å². The number of fused-ring (bicyclic) bond motifs is 1. The summed E-state index contributed by atoms with van der Waals surface area (Å²) in [6.07, 6.45) is 0.814. The number of ketones is 2. The highest BCUT2D eigenvalue weighted by molar-refractivity contribution is 6.42. The van der Waals surface area contributed by atoms with Crippen LogP contribution in [0.2, 0.25) is 0 Å². The zero-order chi connectivity index (χ0) is 10.1. The van der Waals surface area contributed by atoms with E-state index in [1.165, 1.54) is 6.92 Å². The molecule has 2 rings (SSSR count). The predicted octanol–water partition coefficient (Wildman–Crippen LogP) is 1.39. The smallest absolute Gasteiger partial charge is 0.228 e. The van der Waals surface area contributed by atoms with Gasteiger partial charge < -0.3 is 4.74 Å². The minimum atomic E-state index is -0.431. The Morgan fingerprint density at radius 1 is 1.36 bits per heavy atom. The van der Waals surface area contributed by atoms with E-state index in [1.54, 1.807) is 18.2 Å². The van der Waals surface area contributed by atoms with E-state index in [0.717, 1.165) is 17.7 Å². The van der Waals surface area contributed by atoms with Gasteiger partial charge in [0.15, 0.2) is 5.78 Å². The second-order valence-electron chi connectivity index (χ2n) is 3.31. The van der Waals surface area contributed by atoms with Gasteiger partial charge in [-0.3, -0.25) is 9.59 Å². The highest BCUT2D eigenvalue weighted by Crippen LogP contribution is 2.25. The summed E-state index contributed by atoms with van der Waals surface area (Å²) >= 11 is 0. The van der Waals surface area contributed by atoms with Crippen molar-refractivity contribution < 1.29 is 14.3 Å². The molecule has 3 heteroatoms. The van der Waals surface area contributed by atoms with Gasteiger partial charge >= 0.3 is 0 Å². The summed E-state index contributed by atoms with van der Waals surface area (Å²) in [5.74, 6) is -0.0336. The molecular weight excluding hydrogens is 180 g/mol. The third-order valence-corrected chi connectivity index (χ3v) is 2.27. The van der Waals surface area contributed by atoms with E-state index < -0.39 is 11.6 Å². The minimum absolute atomic E-state index is 0.427. The molecule has 0 saturated heterocycles. The summed E-state index contributed by atoms with van der Waals surface area (Å²) in [5, 5.41) is 0. The molecule has 0 aliphatic carbocycles. The Hall–Kier alpha value is -1.64. The molecule has 0 bridgehead atoms. The average molecular weight is 190 g/mol. The van der Waals surface area contributed by atoms with Crippen molar-refractivity contribution in [3.05, 3.63) is 29.3 Å². The lowest BCUT2D eigenvalue weighted by molar-refractivity contribution is -0.113. The second-order valence-corrected chi connectivity index (χ2v) is 3.31. The van der Waals surface area contributed by atoms with Crippen LogP contribution in [0, 0.1) is 0 Å². The number of hydrogen-bond acceptors (Lipinski definition) is 3. The summed E-state index contributed by atoms with van der Waals surface area (Å²) in [6, 6.07) is 5.12. The van der Waals surface area contributed by atoms with Gasteiger partial charge in [-0.2, -0.15) is 0 Å². The van der Waals surface area contributed by atoms with Crippen LogP contribution in [-0.2, 0) is 11.2 Å². The van der Waals surface area contributed by atoms with Crippen molar-refractivity contribution in [1.82, 2.24) is 0 Å². The van der Waals surface area contributed by atoms with Crippen molar-refractivity contribution in [2.45, 2.75) is 13.3 Å². The lowest BCUT2D eigenvalue weighted by Gasteiger charge is -2.00. The van der Waals surface area contributed by atoms with Crippen LogP contribution in [0.5, 0.6) is 5.75 Å².